The topological polar surface area (TPSA) is 52.3 Å². The minimum absolute atomic E-state index is 0.180. The van der Waals surface area contributed by atoms with Gasteiger partial charge in [0.25, 0.3) is 0 Å². The predicted octanol–water partition coefficient (Wildman–Crippen LogP) is 2.95. The van der Waals surface area contributed by atoms with Gasteiger partial charge in [-0.05, 0) is 44.2 Å². The number of nitrogens with two attached hydrogens (primary N) is 1. The maximum absolute atomic E-state index is 12.0. The fourth-order valence-corrected chi connectivity index (χ4v) is 3.48. The fraction of sp³-hybridized carbons (Fsp3) is 0.588. The first-order valence-corrected chi connectivity index (χ1v) is 7.35. The van der Waals surface area contributed by atoms with E-state index in [4.69, 9.17) is 10.5 Å². The zero-order valence-corrected chi connectivity index (χ0v) is 12.7. The summed E-state index contributed by atoms with van der Waals surface area (Å²) in [5.41, 5.74) is 8.27. The maximum atomic E-state index is 12.0. The largest absolute Gasteiger partial charge is 0.469 e. The van der Waals surface area contributed by atoms with Gasteiger partial charge in [0.05, 0.1) is 13.5 Å². The molecule has 1 aromatic rings. The van der Waals surface area contributed by atoms with Crippen molar-refractivity contribution in [2.45, 2.75) is 56.9 Å². The number of rotatable bonds is 3. The Kier molecular flexibility index (Phi) is 4.19. The monoisotopic (exact) mass is 275 g/mol. The van der Waals surface area contributed by atoms with Crippen LogP contribution in [0.4, 0.5) is 0 Å². The van der Waals surface area contributed by atoms with E-state index >= 15 is 0 Å². The van der Waals surface area contributed by atoms with Gasteiger partial charge < -0.3 is 10.5 Å². The van der Waals surface area contributed by atoms with Gasteiger partial charge in [0.1, 0.15) is 0 Å². The summed E-state index contributed by atoms with van der Waals surface area (Å²) < 4.78 is 4.93. The molecular weight excluding hydrogens is 250 g/mol. The molecule has 0 saturated carbocycles. The van der Waals surface area contributed by atoms with Gasteiger partial charge in [0.15, 0.2) is 0 Å². The Morgan fingerprint density at radius 1 is 1.35 bits per heavy atom. The molecule has 0 saturated heterocycles. The van der Waals surface area contributed by atoms with Crippen LogP contribution in [0.3, 0.4) is 0 Å². The van der Waals surface area contributed by atoms with Gasteiger partial charge in [-0.1, -0.05) is 30.7 Å². The number of esters is 1. The highest BCUT2D eigenvalue weighted by Gasteiger charge is 2.47. The van der Waals surface area contributed by atoms with Crippen molar-refractivity contribution in [1.82, 2.24) is 0 Å². The Labute approximate surface area is 121 Å². The van der Waals surface area contributed by atoms with Gasteiger partial charge in [-0.2, -0.15) is 0 Å². The number of benzene rings is 1. The summed E-state index contributed by atoms with van der Waals surface area (Å²) in [6.45, 7) is 4.05. The number of carbonyl (C=O) groups excluding carboxylic acids is 1. The lowest BCUT2D eigenvalue weighted by molar-refractivity contribution is -0.143. The van der Waals surface area contributed by atoms with E-state index in [9.17, 15) is 4.79 Å². The lowest BCUT2D eigenvalue weighted by Gasteiger charge is -2.45. The number of ether oxygens (including phenoxy) is 1. The number of hydrogen-bond acceptors (Lipinski definition) is 3. The number of methoxy groups -OCH3 is 1. The molecule has 0 radical (unpaired) electrons. The van der Waals surface area contributed by atoms with Crippen LogP contribution in [0, 0.1) is 0 Å². The summed E-state index contributed by atoms with van der Waals surface area (Å²) in [4.78, 5) is 12.0. The van der Waals surface area contributed by atoms with Crippen LogP contribution >= 0.6 is 0 Å². The van der Waals surface area contributed by atoms with Crippen LogP contribution < -0.4 is 5.73 Å². The molecule has 0 spiro atoms. The summed E-state index contributed by atoms with van der Waals surface area (Å²) in [6.07, 6.45) is 4.59. The first kappa shape index (κ1) is 15.0. The van der Waals surface area contributed by atoms with Crippen LogP contribution in [0.25, 0.3) is 0 Å². The van der Waals surface area contributed by atoms with E-state index in [0.717, 1.165) is 25.7 Å². The number of carbonyl (C=O) groups is 1. The molecule has 110 valence electrons. The van der Waals surface area contributed by atoms with E-state index in [-0.39, 0.29) is 11.4 Å². The van der Waals surface area contributed by atoms with Crippen molar-refractivity contribution in [3.8, 4) is 0 Å². The second-order valence-electron chi connectivity index (χ2n) is 6.42. The van der Waals surface area contributed by atoms with E-state index in [0.29, 0.717) is 6.42 Å². The average Bonchev–Trinajstić information content (AvgIpc) is 2.59. The molecule has 1 aliphatic carbocycles. The fourth-order valence-electron chi connectivity index (χ4n) is 3.48. The van der Waals surface area contributed by atoms with Gasteiger partial charge in [-0.3, -0.25) is 4.79 Å². The minimum Gasteiger partial charge on any atom is -0.469 e. The zero-order valence-electron chi connectivity index (χ0n) is 12.7. The van der Waals surface area contributed by atoms with Gasteiger partial charge in [0, 0.05) is 11.0 Å². The Morgan fingerprint density at radius 3 is 2.70 bits per heavy atom. The second kappa shape index (κ2) is 5.57. The lowest BCUT2D eigenvalue weighted by Crippen LogP contribution is -2.55. The van der Waals surface area contributed by atoms with Crippen molar-refractivity contribution in [3.05, 3.63) is 35.4 Å². The standard InChI is InChI=1S/C17H25NO2/c1-16(2,18)17(12-15(19)20-3)11-7-6-9-13-8-4-5-10-14(13)17/h4-5,8,10H,6-7,9,11-12,18H2,1-3H3. The van der Waals surface area contributed by atoms with Crippen LogP contribution in [0.1, 0.15) is 50.7 Å². The van der Waals surface area contributed by atoms with Crippen molar-refractivity contribution in [2.24, 2.45) is 5.73 Å². The smallest absolute Gasteiger partial charge is 0.306 e. The molecule has 0 amide bonds. The Balaban J connectivity index is 2.58. The summed E-state index contributed by atoms with van der Waals surface area (Å²) in [7, 11) is 1.45. The summed E-state index contributed by atoms with van der Waals surface area (Å²) in [5.74, 6) is -0.180. The first-order chi connectivity index (χ1) is 9.40. The molecule has 1 aromatic carbocycles. The minimum atomic E-state index is -0.471. The molecule has 3 heteroatoms. The normalized spacial score (nSPS) is 22.8. The van der Waals surface area contributed by atoms with Crippen molar-refractivity contribution >= 4 is 5.97 Å². The summed E-state index contributed by atoms with van der Waals surface area (Å²) >= 11 is 0. The molecule has 1 atom stereocenters. The summed E-state index contributed by atoms with van der Waals surface area (Å²) in [6, 6.07) is 8.41. The Bertz CT molecular complexity index is 490. The van der Waals surface area contributed by atoms with Gasteiger partial charge in [-0.25, -0.2) is 0 Å². The van der Waals surface area contributed by atoms with E-state index in [1.54, 1.807) is 0 Å². The molecule has 2 rings (SSSR count). The van der Waals surface area contributed by atoms with Gasteiger partial charge in [0.2, 0.25) is 0 Å². The lowest BCUT2D eigenvalue weighted by atomic mass is 9.62. The number of aryl methyl sites for hydroxylation is 1. The van der Waals surface area contributed by atoms with Gasteiger partial charge in [-0.15, -0.1) is 0 Å². The van der Waals surface area contributed by atoms with Crippen LogP contribution in [-0.4, -0.2) is 18.6 Å². The Morgan fingerprint density at radius 2 is 2.05 bits per heavy atom. The maximum Gasteiger partial charge on any atom is 0.306 e. The molecular formula is C17H25NO2. The molecule has 0 aromatic heterocycles. The SMILES string of the molecule is COC(=O)CC1(C(C)(C)N)CCCCc2ccccc21. The van der Waals surface area contributed by atoms with Crippen molar-refractivity contribution in [3.63, 3.8) is 0 Å². The average molecular weight is 275 g/mol. The molecule has 1 aliphatic rings. The van der Waals surface area contributed by atoms with Crippen molar-refractivity contribution in [1.29, 1.82) is 0 Å². The molecule has 0 aliphatic heterocycles. The van der Waals surface area contributed by atoms with E-state index in [1.807, 2.05) is 19.9 Å². The molecule has 0 bridgehead atoms. The van der Waals surface area contributed by atoms with E-state index < -0.39 is 5.54 Å². The number of fused-ring (bicyclic) bond motifs is 1. The molecule has 2 N–H and O–H groups in total. The van der Waals surface area contributed by atoms with Gasteiger partial charge >= 0.3 is 5.97 Å². The highest BCUT2D eigenvalue weighted by Crippen LogP contribution is 2.45. The first-order valence-electron chi connectivity index (χ1n) is 7.35. The third kappa shape index (κ3) is 2.59. The number of hydrogen-bond donors (Lipinski definition) is 1. The summed E-state index contributed by atoms with van der Waals surface area (Å²) in [5, 5.41) is 0. The van der Waals surface area contributed by atoms with E-state index in [2.05, 4.69) is 18.2 Å². The predicted molar refractivity (Wildman–Crippen MR) is 80.6 cm³/mol. The molecule has 1 unspecified atom stereocenters. The van der Waals surface area contributed by atoms with Crippen molar-refractivity contribution < 1.29 is 9.53 Å². The third-order valence-corrected chi connectivity index (χ3v) is 4.74. The van der Waals surface area contributed by atoms with Crippen LogP contribution in [0.2, 0.25) is 0 Å². The van der Waals surface area contributed by atoms with Crippen LogP contribution in [-0.2, 0) is 21.4 Å². The van der Waals surface area contributed by atoms with Crippen LogP contribution in [0.5, 0.6) is 0 Å². The Hall–Kier alpha value is -1.35. The second-order valence-corrected chi connectivity index (χ2v) is 6.42. The van der Waals surface area contributed by atoms with E-state index in [1.165, 1.54) is 18.2 Å². The molecule has 3 nitrogen and oxygen atoms in total. The highest BCUT2D eigenvalue weighted by atomic mass is 16.5. The molecule has 0 heterocycles. The van der Waals surface area contributed by atoms with Crippen molar-refractivity contribution in [2.75, 3.05) is 7.11 Å². The highest BCUT2D eigenvalue weighted by molar-refractivity contribution is 5.72. The molecule has 0 fully saturated rings. The quantitative estimate of drug-likeness (QED) is 0.681. The van der Waals surface area contributed by atoms with Crippen LogP contribution in [0.15, 0.2) is 24.3 Å². The molecule has 20 heavy (non-hydrogen) atoms. The third-order valence-electron chi connectivity index (χ3n) is 4.74. The zero-order chi connectivity index (χ0) is 14.8.